The van der Waals surface area contributed by atoms with E-state index in [9.17, 15) is 4.79 Å². The summed E-state index contributed by atoms with van der Waals surface area (Å²) in [5.41, 5.74) is 1.08. The topological polar surface area (TPSA) is 50.8 Å². The Labute approximate surface area is 107 Å². The summed E-state index contributed by atoms with van der Waals surface area (Å²) in [5.74, 6) is 0. The third-order valence-electron chi connectivity index (χ3n) is 2.75. The minimum Gasteiger partial charge on any atom is -0.348 e. The number of amides is 2. The first-order chi connectivity index (χ1) is 8.75. The molecule has 0 unspecified atom stereocenters. The zero-order valence-corrected chi connectivity index (χ0v) is 10.5. The summed E-state index contributed by atoms with van der Waals surface area (Å²) in [7, 11) is 1.73. The van der Waals surface area contributed by atoms with E-state index in [0.717, 1.165) is 5.56 Å². The minimum atomic E-state index is -0.294. The Balaban J connectivity index is 1.73. The summed E-state index contributed by atoms with van der Waals surface area (Å²) >= 11 is 0. The molecule has 1 N–H and O–H groups in total. The summed E-state index contributed by atoms with van der Waals surface area (Å²) in [6.45, 7) is 2.17. The van der Waals surface area contributed by atoms with Gasteiger partial charge in [0, 0.05) is 13.6 Å². The molecule has 0 aromatic heterocycles. The summed E-state index contributed by atoms with van der Waals surface area (Å²) in [5, 5.41) is 2.85. The zero-order valence-electron chi connectivity index (χ0n) is 10.5. The lowest BCUT2D eigenvalue weighted by Crippen LogP contribution is -2.41. The molecular weight excluding hydrogens is 232 g/mol. The first kappa shape index (κ1) is 12.9. The smallest absolute Gasteiger partial charge is 0.317 e. The van der Waals surface area contributed by atoms with Gasteiger partial charge in [-0.2, -0.15) is 0 Å². The fraction of sp³-hybridized carbons (Fsp3) is 0.462. The minimum absolute atomic E-state index is 0.127. The van der Waals surface area contributed by atoms with E-state index in [4.69, 9.17) is 9.47 Å². The molecular formula is C13H18N2O3. The molecule has 18 heavy (non-hydrogen) atoms. The summed E-state index contributed by atoms with van der Waals surface area (Å²) < 4.78 is 10.6. The predicted octanol–water partition coefficient (Wildman–Crippen LogP) is 1.20. The number of urea groups is 1. The van der Waals surface area contributed by atoms with Crippen molar-refractivity contribution in [3.8, 4) is 0 Å². The van der Waals surface area contributed by atoms with Crippen molar-refractivity contribution in [1.29, 1.82) is 0 Å². The summed E-state index contributed by atoms with van der Waals surface area (Å²) in [6.07, 6.45) is -0.294. The third-order valence-corrected chi connectivity index (χ3v) is 2.75. The van der Waals surface area contributed by atoms with Crippen LogP contribution in [0, 0.1) is 0 Å². The molecule has 1 heterocycles. The maximum absolute atomic E-state index is 11.8. The van der Waals surface area contributed by atoms with E-state index in [2.05, 4.69) is 5.32 Å². The number of nitrogens with zero attached hydrogens (tertiary/aromatic N) is 1. The van der Waals surface area contributed by atoms with Gasteiger partial charge in [-0.15, -0.1) is 0 Å². The van der Waals surface area contributed by atoms with Gasteiger partial charge < -0.3 is 19.7 Å². The molecule has 0 aliphatic carbocycles. The molecule has 1 saturated heterocycles. The normalized spacial score (nSPS) is 15.6. The Hall–Kier alpha value is -1.59. The molecule has 5 heteroatoms. The van der Waals surface area contributed by atoms with Crippen molar-refractivity contribution in [2.24, 2.45) is 0 Å². The van der Waals surface area contributed by atoms with Gasteiger partial charge >= 0.3 is 6.03 Å². The first-order valence-electron chi connectivity index (χ1n) is 6.02. The zero-order chi connectivity index (χ0) is 12.8. The van der Waals surface area contributed by atoms with E-state index >= 15 is 0 Å². The number of hydrogen-bond donors (Lipinski definition) is 1. The highest BCUT2D eigenvalue weighted by Gasteiger charge is 2.20. The number of ether oxygens (including phenoxy) is 2. The molecule has 1 aromatic rings. The van der Waals surface area contributed by atoms with Gasteiger partial charge in [-0.05, 0) is 5.56 Å². The van der Waals surface area contributed by atoms with Crippen molar-refractivity contribution >= 4 is 6.03 Å². The van der Waals surface area contributed by atoms with Gasteiger partial charge in [0.15, 0.2) is 6.29 Å². The van der Waals surface area contributed by atoms with Crippen molar-refractivity contribution in [2.45, 2.75) is 12.8 Å². The van der Waals surface area contributed by atoms with Gasteiger partial charge in [0.25, 0.3) is 0 Å². The van der Waals surface area contributed by atoms with Gasteiger partial charge in [-0.1, -0.05) is 30.3 Å². The predicted molar refractivity (Wildman–Crippen MR) is 67.0 cm³/mol. The van der Waals surface area contributed by atoms with Crippen LogP contribution in [0.3, 0.4) is 0 Å². The Morgan fingerprint density at radius 3 is 2.67 bits per heavy atom. The summed E-state index contributed by atoms with van der Waals surface area (Å²) in [4.78, 5) is 13.4. The van der Waals surface area contributed by atoms with Crippen LogP contribution in [0.25, 0.3) is 0 Å². The van der Waals surface area contributed by atoms with Gasteiger partial charge in [-0.25, -0.2) is 4.79 Å². The number of carbonyl (C=O) groups excluding carboxylic acids is 1. The largest absolute Gasteiger partial charge is 0.348 e. The Kier molecular flexibility index (Phi) is 4.55. The SMILES string of the molecule is CN(CC1OCCO1)C(=O)NCc1ccccc1. The van der Waals surface area contributed by atoms with Crippen molar-refractivity contribution < 1.29 is 14.3 Å². The van der Waals surface area contributed by atoms with Crippen molar-refractivity contribution in [3.63, 3.8) is 0 Å². The lowest BCUT2D eigenvalue weighted by molar-refractivity contribution is -0.0524. The molecule has 1 aliphatic heterocycles. The van der Waals surface area contributed by atoms with Crippen LogP contribution in [0.1, 0.15) is 5.56 Å². The maximum Gasteiger partial charge on any atom is 0.317 e. The van der Waals surface area contributed by atoms with Crippen LogP contribution in [0.4, 0.5) is 4.79 Å². The molecule has 0 bridgehead atoms. The van der Waals surface area contributed by atoms with Crippen LogP contribution in [0.2, 0.25) is 0 Å². The highest BCUT2D eigenvalue weighted by molar-refractivity contribution is 5.73. The first-order valence-corrected chi connectivity index (χ1v) is 6.02. The highest BCUT2D eigenvalue weighted by Crippen LogP contribution is 2.05. The van der Waals surface area contributed by atoms with Gasteiger partial charge in [-0.3, -0.25) is 0 Å². The average Bonchev–Trinajstić information content (AvgIpc) is 2.90. The lowest BCUT2D eigenvalue weighted by Gasteiger charge is -2.20. The summed E-state index contributed by atoms with van der Waals surface area (Å²) in [6, 6.07) is 9.67. The van der Waals surface area contributed by atoms with E-state index < -0.39 is 0 Å². The van der Waals surface area contributed by atoms with Gasteiger partial charge in [0.2, 0.25) is 0 Å². The van der Waals surface area contributed by atoms with Crippen molar-refractivity contribution in [1.82, 2.24) is 10.2 Å². The van der Waals surface area contributed by atoms with Gasteiger partial charge in [0.1, 0.15) is 0 Å². The Bertz CT molecular complexity index is 377. The number of rotatable bonds is 4. The van der Waals surface area contributed by atoms with Crippen molar-refractivity contribution in [2.75, 3.05) is 26.8 Å². The van der Waals surface area contributed by atoms with E-state index in [1.807, 2.05) is 30.3 Å². The molecule has 0 saturated carbocycles. The standard InChI is InChI=1S/C13H18N2O3/c1-15(10-12-17-7-8-18-12)13(16)14-9-11-5-3-2-4-6-11/h2-6,12H,7-10H2,1H3,(H,14,16). The number of nitrogens with one attached hydrogen (secondary N) is 1. The van der Waals surface area contributed by atoms with Crippen LogP contribution in [0.15, 0.2) is 30.3 Å². The second kappa shape index (κ2) is 6.37. The van der Waals surface area contributed by atoms with Crippen LogP contribution >= 0.6 is 0 Å². The molecule has 1 aliphatic rings. The third kappa shape index (κ3) is 3.72. The second-order valence-corrected chi connectivity index (χ2v) is 4.20. The quantitative estimate of drug-likeness (QED) is 0.873. The molecule has 0 spiro atoms. The van der Waals surface area contributed by atoms with E-state index in [1.54, 1.807) is 11.9 Å². The number of carbonyl (C=O) groups is 1. The van der Waals surface area contributed by atoms with Crippen LogP contribution < -0.4 is 5.32 Å². The van der Waals surface area contributed by atoms with E-state index in [-0.39, 0.29) is 12.3 Å². The number of hydrogen-bond acceptors (Lipinski definition) is 3. The van der Waals surface area contributed by atoms with Gasteiger partial charge in [0.05, 0.1) is 19.8 Å². The number of benzene rings is 1. The van der Waals surface area contributed by atoms with E-state index in [1.165, 1.54) is 0 Å². The Morgan fingerprint density at radius 1 is 1.33 bits per heavy atom. The highest BCUT2D eigenvalue weighted by atomic mass is 16.7. The number of likely N-dealkylation sites (N-methyl/N-ethyl adjacent to an activating group) is 1. The molecule has 2 rings (SSSR count). The van der Waals surface area contributed by atoms with E-state index in [0.29, 0.717) is 26.3 Å². The molecule has 5 nitrogen and oxygen atoms in total. The van der Waals surface area contributed by atoms with Crippen LogP contribution in [-0.2, 0) is 16.0 Å². The molecule has 0 radical (unpaired) electrons. The molecule has 2 amide bonds. The molecule has 1 aromatic carbocycles. The lowest BCUT2D eigenvalue weighted by atomic mass is 10.2. The maximum atomic E-state index is 11.8. The monoisotopic (exact) mass is 250 g/mol. The molecule has 1 fully saturated rings. The van der Waals surface area contributed by atoms with Crippen LogP contribution in [0.5, 0.6) is 0 Å². The fourth-order valence-corrected chi connectivity index (χ4v) is 1.73. The Morgan fingerprint density at radius 2 is 2.00 bits per heavy atom. The molecule has 0 atom stereocenters. The van der Waals surface area contributed by atoms with Crippen LogP contribution in [-0.4, -0.2) is 44.0 Å². The second-order valence-electron chi connectivity index (χ2n) is 4.20. The van der Waals surface area contributed by atoms with Crippen molar-refractivity contribution in [3.05, 3.63) is 35.9 Å². The average molecular weight is 250 g/mol. The molecule has 98 valence electrons. The fourth-order valence-electron chi connectivity index (χ4n) is 1.73.